The normalized spacial score (nSPS) is 12.1. The van der Waals surface area contributed by atoms with Crippen molar-refractivity contribution in [2.75, 3.05) is 0 Å². The van der Waals surface area contributed by atoms with Crippen molar-refractivity contribution in [2.24, 2.45) is 10.2 Å². The highest BCUT2D eigenvalue weighted by atomic mass is 15.5. The van der Waals surface area contributed by atoms with Crippen molar-refractivity contribution in [3.63, 3.8) is 0 Å². The molecule has 28 heavy (non-hydrogen) atoms. The third-order valence-corrected chi connectivity index (χ3v) is 4.10. The van der Waals surface area contributed by atoms with Crippen LogP contribution in [-0.4, -0.2) is 34.6 Å². The summed E-state index contributed by atoms with van der Waals surface area (Å²) >= 11 is 0. The molecular weight excluding hydrogens is 356 g/mol. The fourth-order valence-corrected chi connectivity index (χ4v) is 2.80. The predicted octanol–water partition coefficient (Wildman–Crippen LogP) is 3.53. The van der Waals surface area contributed by atoms with Crippen LogP contribution in [0.5, 0.6) is 0 Å². The maximum Gasteiger partial charge on any atom is 0.203 e. The zero-order valence-electron chi connectivity index (χ0n) is 15.9. The van der Waals surface area contributed by atoms with Gasteiger partial charge >= 0.3 is 0 Å². The number of aryl methyl sites for hydroxylation is 1. The standard InChI is InChI=1S/C18H18N10/c1-11-22-17-14(15(18(2,3)4)26-28(17)25-11)23-24-16-12(9-19)10-21-27(16)13-7-5-6-8-20-13/h5-8,10,26H,1-4H3. The van der Waals surface area contributed by atoms with Gasteiger partial charge in [-0.1, -0.05) is 26.8 Å². The van der Waals surface area contributed by atoms with Crippen LogP contribution < -0.4 is 0 Å². The predicted molar refractivity (Wildman–Crippen MR) is 101 cm³/mol. The second-order valence-electron chi connectivity index (χ2n) is 7.27. The number of nitrogens with one attached hydrogen (secondary N) is 1. The first kappa shape index (κ1) is 17.5. The third kappa shape index (κ3) is 2.92. The van der Waals surface area contributed by atoms with E-state index in [9.17, 15) is 5.26 Å². The Kier molecular flexibility index (Phi) is 4.00. The summed E-state index contributed by atoms with van der Waals surface area (Å²) in [5, 5.41) is 30.0. The van der Waals surface area contributed by atoms with Crippen LogP contribution in [0.15, 0.2) is 40.8 Å². The molecule has 4 rings (SSSR count). The lowest BCUT2D eigenvalue weighted by Crippen LogP contribution is -2.12. The number of azo groups is 1. The fraction of sp³-hybridized carbons (Fsp3) is 0.278. The number of nitriles is 1. The van der Waals surface area contributed by atoms with E-state index in [2.05, 4.69) is 62.3 Å². The molecule has 0 aliphatic carbocycles. The highest BCUT2D eigenvalue weighted by Gasteiger charge is 2.25. The summed E-state index contributed by atoms with van der Waals surface area (Å²) in [4.78, 5) is 8.71. The van der Waals surface area contributed by atoms with Crippen molar-refractivity contribution in [2.45, 2.75) is 33.1 Å². The molecule has 0 fully saturated rings. The Bertz CT molecular complexity index is 1210. The number of pyridine rings is 1. The first-order chi connectivity index (χ1) is 13.4. The van der Waals surface area contributed by atoms with Crippen LogP contribution in [0.3, 0.4) is 0 Å². The Morgan fingerprint density at radius 1 is 1.21 bits per heavy atom. The minimum Gasteiger partial charge on any atom is -0.277 e. The molecule has 4 aromatic rings. The van der Waals surface area contributed by atoms with Crippen LogP contribution in [0.4, 0.5) is 11.5 Å². The van der Waals surface area contributed by atoms with Crippen molar-refractivity contribution in [3.8, 4) is 11.9 Å². The minimum absolute atomic E-state index is 0.232. The number of nitrogens with zero attached hydrogens (tertiary/aromatic N) is 9. The molecule has 0 saturated carbocycles. The highest BCUT2D eigenvalue weighted by molar-refractivity contribution is 5.68. The van der Waals surface area contributed by atoms with E-state index in [1.54, 1.807) is 23.0 Å². The van der Waals surface area contributed by atoms with Gasteiger partial charge in [-0.15, -0.1) is 15.3 Å². The molecule has 140 valence electrons. The Balaban J connectivity index is 1.87. The van der Waals surface area contributed by atoms with Gasteiger partial charge in [0.05, 0.1) is 11.9 Å². The molecule has 0 spiro atoms. The van der Waals surface area contributed by atoms with Crippen molar-refractivity contribution in [3.05, 3.63) is 47.7 Å². The van der Waals surface area contributed by atoms with Gasteiger partial charge in [-0.3, -0.25) is 5.10 Å². The molecule has 4 heterocycles. The van der Waals surface area contributed by atoms with Crippen molar-refractivity contribution in [1.29, 1.82) is 5.26 Å². The molecule has 0 atom stereocenters. The summed E-state index contributed by atoms with van der Waals surface area (Å²) in [6.07, 6.45) is 3.10. The van der Waals surface area contributed by atoms with Crippen LogP contribution in [0.25, 0.3) is 11.5 Å². The summed E-state index contributed by atoms with van der Waals surface area (Å²) in [5.41, 5.74) is 2.06. The van der Waals surface area contributed by atoms with Crippen molar-refractivity contribution in [1.82, 2.24) is 34.6 Å². The lowest BCUT2D eigenvalue weighted by atomic mass is 9.91. The SMILES string of the molecule is Cc1nc2c(N=Nc3c(C#N)cnn3-c3ccccn3)c(C(C)(C)C)[nH]n2n1. The van der Waals surface area contributed by atoms with Crippen LogP contribution in [0.1, 0.15) is 37.9 Å². The molecule has 0 unspecified atom stereocenters. The average molecular weight is 374 g/mol. The van der Waals surface area contributed by atoms with E-state index in [-0.39, 0.29) is 5.41 Å². The number of hydrogen-bond acceptors (Lipinski definition) is 7. The first-order valence-corrected chi connectivity index (χ1v) is 8.65. The molecule has 0 saturated heterocycles. The van der Waals surface area contributed by atoms with Crippen LogP contribution in [0.2, 0.25) is 0 Å². The molecule has 1 N–H and O–H groups in total. The minimum atomic E-state index is -0.232. The fourth-order valence-electron chi connectivity index (χ4n) is 2.80. The maximum absolute atomic E-state index is 9.44. The number of hydrogen-bond donors (Lipinski definition) is 1. The quantitative estimate of drug-likeness (QED) is 0.549. The van der Waals surface area contributed by atoms with Gasteiger partial charge in [0.1, 0.15) is 17.5 Å². The zero-order valence-corrected chi connectivity index (χ0v) is 15.9. The Hall–Kier alpha value is -3.87. The zero-order chi connectivity index (χ0) is 19.9. The van der Waals surface area contributed by atoms with Crippen molar-refractivity contribution >= 4 is 17.2 Å². The second kappa shape index (κ2) is 6.38. The van der Waals surface area contributed by atoms with Gasteiger partial charge in [0.15, 0.2) is 17.3 Å². The van der Waals surface area contributed by atoms with Crippen LogP contribution >= 0.6 is 0 Å². The summed E-state index contributed by atoms with van der Waals surface area (Å²) in [5.74, 6) is 1.47. The largest absolute Gasteiger partial charge is 0.277 e. The molecular formula is C18H18N10. The average Bonchev–Trinajstić information content (AvgIpc) is 3.32. The monoisotopic (exact) mass is 374 g/mol. The van der Waals surface area contributed by atoms with E-state index in [0.29, 0.717) is 34.4 Å². The number of aromatic nitrogens is 7. The molecule has 0 aromatic carbocycles. The van der Waals surface area contributed by atoms with Gasteiger partial charge in [0.2, 0.25) is 5.65 Å². The van der Waals surface area contributed by atoms with Gasteiger partial charge in [0.25, 0.3) is 0 Å². The highest BCUT2D eigenvalue weighted by Crippen LogP contribution is 2.35. The topological polar surface area (TPSA) is 125 Å². The molecule has 0 aliphatic rings. The van der Waals surface area contributed by atoms with Gasteiger partial charge in [-0.05, 0) is 19.1 Å². The van der Waals surface area contributed by atoms with Gasteiger partial charge in [-0.2, -0.15) is 19.7 Å². The van der Waals surface area contributed by atoms with E-state index in [0.717, 1.165) is 5.69 Å². The molecule has 0 aliphatic heterocycles. The van der Waals surface area contributed by atoms with Gasteiger partial charge < -0.3 is 0 Å². The van der Waals surface area contributed by atoms with E-state index >= 15 is 0 Å². The summed E-state index contributed by atoms with van der Waals surface area (Å²) in [6.45, 7) is 7.98. The number of fused-ring (bicyclic) bond motifs is 1. The van der Waals surface area contributed by atoms with Crippen LogP contribution in [-0.2, 0) is 5.41 Å². The maximum atomic E-state index is 9.44. The van der Waals surface area contributed by atoms with Crippen LogP contribution in [0, 0.1) is 18.3 Å². The summed E-state index contributed by atoms with van der Waals surface area (Å²) in [6, 6.07) is 7.52. The summed E-state index contributed by atoms with van der Waals surface area (Å²) in [7, 11) is 0. The van der Waals surface area contributed by atoms with Gasteiger partial charge in [0, 0.05) is 11.6 Å². The first-order valence-electron chi connectivity index (χ1n) is 8.65. The molecule has 0 radical (unpaired) electrons. The molecule has 0 amide bonds. The number of rotatable bonds is 3. The number of H-pyrrole nitrogens is 1. The molecule has 0 bridgehead atoms. The lowest BCUT2D eigenvalue weighted by molar-refractivity contribution is 0.557. The smallest absolute Gasteiger partial charge is 0.203 e. The van der Waals surface area contributed by atoms with E-state index < -0.39 is 0 Å². The summed E-state index contributed by atoms with van der Waals surface area (Å²) < 4.78 is 3.07. The lowest BCUT2D eigenvalue weighted by Gasteiger charge is -2.16. The Labute approximate surface area is 160 Å². The Morgan fingerprint density at radius 2 is 2.04 bits per heavy atom. The van der Waals surface area contributed by atoms with Gasteiger partial charge in [-0.25, -0.2) is 9.97 Å². The second-order valence-corrected chi connectivity index (χ2v) is 7.27. The third-order valence-electron chi connectivity index (χ3n) is 4.10. The van der Waals surface area contributed by atoms with Crippen molar-refractivity contribution < 1.29 is 0 Å². The van der Waals surface area contributed by atoms with E-state index in [1.807, 2.05) is 13.0 Å². The molecule has 10 heteroatoms. The number of aromatic amines is 1. The van der Waals surface area contributed by atoms with E-state index in [1.165, 1.54) is 10.9 Å². The molecule has 4 aromatic heterocycles. The Morgan fingerprint density at radius 3 is 2.71 bits per heavy atom. The molecule has 10 nitrogen and oxygen atoms in total. The van der Waals surface area contributed by atoms with E-state index in [4.69, 9.17) is 0 Å².